The van der Waals surface area contributed by atoms with E-state index in [1.807, 2.05) is 60.7 Å². The number of ketones is 1. The molecule has 0 radical (unpaired) electrons. The summed E-state index contributed by atoms with van der Waals surface area (Å²) in [4.78, 5) is 38.4. The summed E-state index contributed by atoms with van der Waals surface area (Å²) in [7, 11) is 0. The van der Waals surface area contributed by atoms with E-state index >= 15 is 0 Å². The zero-order valence-electron chi connectivity index (χ0n) is 19.7. The van der Waals surface area contributed by atoms with Crippen LogP contribution in [0, 0.1) is 0 Å². The van der Waals surface area contributed by atoms with Crippen LogP contribution in [0.2, 0.25) is 0 Å². The second-order valence-corrected chi connectivity index (χ2v) is 8.99. The van der Waals surface area contributed by atoms with Gasteiger partial charge in [-0.1, -0.05) is 82.7 Å². The molecule has 4 aromatic rings. The molecule has 0 aliphatic carbocycles. The van der Waals surface area contributed by atoms with Crippen LogP contribution in [0.1, 0.15) is 31.8 Å². The SMILES string of the molecule is O=C(Nc1ccc(C(=O)/C=C/c2ccc(Br)cc2)cc1)/C(=C/c1ccccc1)NC(=O)c1ccccc1. The number of hydrogen-bond acceptors (Lipinski definition) is 3. The minimum Gasteiger partial charge on any atom is -0.321 e. The van der Waals surface area contributed by atoms with E-state index in [1.165, 1.54) is 6.08 Å². The molecule has 0 saturated carbocycles. The Morgan fingerprint density at radius 3 is 1.92 bits per heavy atom. The van der Waals surface area contributed by atoms with Crippen molar-refractivity contribution in [3.8, 4) is 0 Å². The number of anilines is 1. The lowest BCUT2D eigenvalue weighted by Crippen LogP contribution is -2.30. The summed E-state index contributed by atoms with van der Waals surface area (Å²) in [6, 6.07) is 32.1. The number of rotatable bonds is 8. The summed E-state index contributed by atoms with van der Waals surface area (Å²) in [6.07, 6.45) is 4.87. The molecule has 0 aromatic heterocycles. The standard InChI is InChI=1S/C31H23BrN2O3/c32-26-16-11-22(12-17-26)13-20-29(35)24-14-18-27(19-15-24)33-31(37)28(21-23-7-3-1-4-8-23)34-30(36)25-9-5-2-6-10-25/h1-21H,(H,33,37)(H,34,36)/b20-13+,28-21-. The number of carbonyl (C=O) groups excluding carboxylic acids is 3. The molecule has 0 bridgehead atoms. The Bertz CT molecular complexity index is 1440. The van der Waals surface area contributed by atoms with E-state index in [9.17, 15) is 14.4 Å². The highest BCUT2D eigenvalue weighted by atomic mass is 79.9. The third kappa shape index (κ3) is 7.46. The molecular formula is C31H23BrN2O3. The summed E-state index contributed by atoms with van der Waals surface area (Å²) in [5.41, 5.74) is 3.19. The first kappa shape index (κ1) is 25.5. The third-order valence-corrected chi connectivity index (χ3v) is 5.89. The number of hydrogen-bond donors (Lipinski definition) is 2. The quantitative estimate of drug-likeness (QED) is 0.188. The molecule has 5 nitrogen and oxygen atoms in total. The van der Waals surface area contributed by atoms with Crippen LogP contribution in [-0.4, -0.2) is 17.6 Å². The van der Waals surface area contributed by atoms with Crippen LogP contribution >= 0.6 is 15.9 Å². The molecule has 182 valence electrons. The fourth-order valence-corrected chi connectivity index (χ4v) is 3.68. The lowest BCUT2D eigenvalue weighted by Gasteiger charge is -2.12. The molecule has 4 rings (SSSR count). The van der Waals surface area contributed by atoms with E-state index in [1.54, 1.807) is 60.7 Å². The van der Waals surface area contributed by atoms with Crippen molar-refractivity contribution < 1.29 is 14.4 Å². The summed E-state index contributed by atoms with van der Waals surface area (Å²) in [5, 5.41) is 5.50. The smallest absolute Gasteiger partial charge is 0.272 e. The number of allylic oxidation sites excluding steroid dienone is 1. The predicted octanol–water partition coefficient (Wildman–Crippen LogP) is 6.75. The normalized spacial score (nSPS) is 11.2. The van der Waals surface area contributed by atoms with Gasteiger partial charge < -0.3 is 10.6 Å². The van der Waals surface area contributed by atoms with Crippen molar-refractivity contribution in [2.45, 2.75) is 0 Å². The first-order chi connectivity index (χ1) is 18.0. The van der Waals surface area contributed by atoms with Crippen LogP contribution in [0.15, 0.2) is 125 Å². The first-order valence-electron chi connectivity index (χ1n) is 11.5. The molecule has 0 saturated heterocycles. The fraction of sp³-hybridized carbons (Fsp3) is 0. The van der Waals surface area contributed by atoms with Crippen molar-refractivity contribution >= 4 is 51.4 Å². The molecule has 0 aliphatic rings. The van der Waals surface area contributed by atoms with Crippen LogP contribution in [-0.2, 0) is 4.79 Å². The number of nitrogens with one attached hydrogen (secondary N) is 2. The molecule has 4 aromatic carbocycles. The molecule has 0 aliphatic heterocycles. The van der Waals surface area contributed by atoms with Crippen molar-refractivity contribution in [3.63, 3.8) is 0 Å². The van der Waals surface area contributed by atoms with E-state index in [0.717, 1.165) is 15.6 Å². The number of carbonyl (C=O) groups is 3. The zero-order chi connectivity index (χ0) is 26.0. The molecule has 0 spiro atoms. The maximum atomic E-state index is 13.1. The lowest BCUT2D eigenvalue weighted by atomic mass is 10.1. The average Bonchev–Trinajstić information content (AvgIpc) is 2.93. The molecule has 0 atom stereocenters. The fourth-order valence-electron chi connectivity index (χ4n) is 3.42. The highest BCUT2D eigenvalue weighted by Gasteiger charge is 2.15. The molecule has 37 heavy (non-hydrogen) atoms. The molecular weight excluding hydrogens is 528 g/mol. The van der Waals surface area contributed by atoms with E-state index < -0.39 is 11.8 Å². The number of benzene rings is 4. The highest BCUT2D eigenvalue weighted by Crippen LogP contribution is 2.15. The molecule has 0 unspecified atom stereocenters. The van der Waals surface area contributed by atoms with E-state index in [0.29, 0.717) is 16.8 Å². The zero-order valence-corrected chi connectivity index (χ0v) is 21.3. The molecule has 6 heteroatoms. The summed E-state index contributed by atoms with van der Waals surface area (Å²) in [6.45, 7) is 0. The number of amides is 2. The Morgan fingerprint density at radius 2 is 1.27 bits per heavy atom. The minimum absolute atomic E-state index is 0.0950. The van der Waals surface area contributed by atoms with Gasteiger partial charge in [-0.15, -0.1) is 0 Å². The van der Waals surface area contributed by atoms with Gasteiger partial charge in [-0.25, -0.2) is 0 Å². The van der Waals surface area contributed by atoms with Crippen molar-refractivity contribution in [3.05, 3.63) is 148 Å². The van der Waals surface area contributed by atoms with Crippen LogP contribution in [0.4, 0.5) is 5.69 Å². The van der Waals surface area contributed by atoms with Gasteiger partial charge in [0.2, 0.25) is 0 Å². The second-order valence-electron chi connectivity index (χ2n) is 8.07. The molecule has 2 amide bonds. The lowest BCUT2D eigenvalue weighted by molar-refractivity contribution is -0.113. The third-order valence-electron chi connectivity index (χ3n) is 5.36. The van der Waals surface area contributed by atoms with Crippen LogP contribution in [0.3, 0.4) is 0 Å². The van der Waals surface area contributed by atoms with Gasteiger partial charge in [0.05, 0.1) is 0 Å². The predicted molar refractivity (Wildman–Crippen MR) is 151 cm³/mol. The van der Waals surface area contributed by atoms with E-state index in [4.69, 9.17) is 0 Å². The Morgan fingerprint density at radius 1 is 0.649 bits per heavy atom. The average molecular weight is 551 g/mol. The summed E-state index contributed by atoms with van der Waals surface area (Å²) < 4.78 is 0.968. The van der Waals surface area contributed by atoms with Gasteiger partial charge >= 0.3 is 0 Å². The van der Waals surface area contributed by atoms with E-state index in [-0.39, 0.29) is 11.5 Å². The Kier molecular flexibility index (Phi) is 8.57. The van der Waals surface area contributed by atoms with Crippen molar-refractivity contribution in [2.75, 3.05) is 5.32 Å². The first-order valence-corrected chi connectivity index (χ1v) is 12.3. The van der Waals surface area contributed by atoms with E-state index in [2.05, 4.69) is 26.6 Å². The maximum Gasteiger partial charge on any atom is 0.272 e. The summed E-state index contributed by atoms with van der Waals surface area (Å²) in [5.74, 6) is -1.03. The van der Waals surface area contributed by atoms with Crippen LogP contribution < -0.4 is 10.6 Å². The van der Waals surface area contributed by atoms with Gasteiger partial charge in [-0.3, -0.25) is 14.4 Å². The van der Waals surface area contributed by atoms with Gasteiger partial charge in [0.1, 0.15) is 5.70 Å². The summed E-state index contributed by atoms with van der Waals surface area (Å²) >= 11 is 3.39. The topological polar surface area (TPSA) is 75.3 Å². The van der Waals surface area contributed by atoms with Gasteiger partial charge in [-0.05, 0) is 71.8 Å². The van der Waals surface area contributed by atoms with Crippen LogP contribution in [0.5, 0.6) is 0 Å². The minimum atomic E-state index is -0.484. The van der Waals surface area contributed by atoms with Crippen molar-refractivity contribution in [1.82, 2.24) is 5.32 Å². The Hall–Kier alpha value is -4.55. The van der Waals surface area contributed by atoms with Gasteiger partial charge in [-0.2, -0.15) is 0 Å². The second kappa shape index (κ2) is 12.4. The molecule has 2 N–H and O–H groups in total. The molecule has 0 fully saturated rings. The maximum absolute atomic E-state index is 13.1. The highest BCUT2D eigenvalue weighted by molar-refractivity contribution is 9.10. The monoisotopic (exact) mass is 550 g/mol. The van der Waals surface area contributed by atoms with Crippen LogP contribution in [0.25, 0.3) is 12.2 Å². The van der Waals surface area contributed by atoms with Crippen molar-refractivity contribution in [1.29, 1.82) is 0 Å². The van der Waals surface area contributed by atoms with Crippen molar-refractivity contribution in [2.24, 2.45) is 0 Å². The van der Waals surface area contributed by atoms with Gasteiger partial charge in [0, 0.05) is 21.3 Å². The van der Waals surface area contributed by atoms with Gasteiger partial charge in [0.15, 0.2) is 5.78 Å². The number of halogens is 1. The largest absolute Gasteiger partial charge is 0.321 e. The molecule has 0 heterocycles. The van der Waals surface area contributed by atoms with Gasteiger partial charge in [0.25, 0.3) is 11.8 Å². The Balaban J connectivity index is 1.47. The Labute approximate surface area is 223 Å².